The molecule has 5 nitrogen and oxygen atoms in total. The number of piperazine rings is 1. The number of ether oxygens (including phenoxy) is 1. The van der Waals surface area contributed by atoms with Crippen LogP contribution in [0, 0.1) is 0 Å². The van der Waals surface area contributed by atoms with Gasteiger partial charge in [0.2, 0.25) is 5.91 Å². The fraction of sp³-hybridized carbons (Fsp3) is 0.263. The monoisotopic (exact) mass is 358 g/mol. The molecule has 130 valence electrons. The second-order valence-corrected chi connectivity index (χ2v) is 6.31. The summed E-state index contributed by atoms with van der Waals surface area (Å²) in [5.74, 6) is 0.413. The molecule has 1 heterocycles. The van der Waals surface area contributed by atoms with Gasteiger partial charge in [0.15, 0.2) is 0 Å². The van der Waals surface area contributed by atoms with Crippen molar-refractivity contribution in [2.45, 2.75) is 13.0 Å². The highest BCUT2D eigenvalue weighted by atomic mass is 35.5. The van der Waals surface area contributed by atoms with E-state index in [4.69, 9.17) is 16.3 Å². The normalized spacial score (nSPS) is 17.6. The first-order valence-electron chi connectivity index (χ1n) is 8.03. The van der Waals surface area contributed by atoms with Crippen molar-refractivity contribution < 1.29 is 14.3 Å². The summed E-state index contributed by atoms with van der Waals surface area (Å²) in [5.41, 5.74) is 1.29. The molecule has 1 saturated heterocycles. The standard InChI is InChI=1S/C19H19ClN2O3/c1-13-18(23)22(16-5-3-4-15(20)12-16)11-10-21(13)19(24)14-6-8-17(25-2)9-7-14/h3-9,12-13H,10-11H2,1-2H3. The van der Waals surface area contributed by atoms with E-state index in [1.165, 1.54) is 0 Å². The van der Waals surface area contributed by atoms with E-state index in [9.17, 15) is 9.59 Å². The van der Waals surface area contributed by atoms with Crippen molar-refractivity contribution in [1.29, 1.82) is 0 Å². The molecule has 0 N–H and O–H groups in total. The van der Waals surface area contributed by atoms with Gasteiger partial charge in [0, 0.05) is 29.4 Å². The van der Waals surface area contributed by atoms with E-state index in [-0.39, 0.29) is 11.8 Å². The Morgan fingerprint density at radius 1 is 1.16 bits per heavy atom. The Morgan fingerprint density at radius 3 is 2.52 bits per heavy atom. The lowest BCUT2D eigenvalue weighted by Crippen LogP contribution is -2.57. The lowest BCUT2D eigenvalue weighted by Gasteiger charge is -2.39. The van der Waals surface area contributed by atoms with Gasteiger partial charge in [-0.3, -0.25) is 9.59 Å². The first-order valence-corrected chi connectivity index (χ1v) is 8.41. The number of anilines is 1. The van der Waals surface area contributed by atoms with Crippen LogP contribution < -0.4 is 9.64 Å². The number of carbonyl (C=O) groups is 2. The van der Waals surface area contributed by atoms with Crippen LogP contribution in [0.4, 0.5) is 5.69 Å². The summed E-state index contributed by atoms with van der Waals surface area (Å²) < 4.78 is 5.11. The second-order valence-electron chi connectivity index (χ2n) is 5.87. The first-order chi connectivity index (χ1) is 12.0. The average Bonchev–Trinajstić information content (AvgIpc) is 2.63. The van der Waals surface area contributed by atoms with Gasteiger partial charge < -0.3 is 14.5 Å². The third-order valence-corrected chi connectivity index (χ3v) is 4.61. The molecule has 0 aliphatic carbocycles. The number of methoxy groups -OCH3 is 1. The largest absolute Gasteiger partial charge is 0.497 e. The number of benzene rings is 2. The zero-order valence-electron chi connectivity index (χ0n) is 14.1. The third kappa shape index (κ3) is 3.46. The van der Waals surface area contributed by atoms with E-state index in [0.717, 1.165) is 5.69 Å². The van der Waals surface area contributed by atoms with E-state index in [1.807, 2.05) is 12.1 Å². The van der Waals surface area contributed by atoms with Gasteiger partial charge in [-0.15, -0.1) is 0 Å². The highest BCUT2D eigenvalue weighted by Gasteiger charge is 2.35. The third-order valence-electron chi connectivity index (χ3n) is 4.37. The van der Waals surface area contributed by atoms with E-state index in [1.54, 1.807) is 60.2 Å². The summed E-state index contributed by atoms with van der Waals surface area (Å²) in [6, 6.07) is 13.5. The molecule has 2 aromatic rings. The summed E-state index contributed by atoms with van der Waals surface area (Å²) in [6.07, 6.45) is 0. The van der Waals surface area contributed by atoms with Crippen LogP contribution in [0.3, 0.4) is 0 Å². The summed E-state index contributed by atoms with van der Waals surface area (Å²) >= 11 is 6.02. The number of halogens is 1. The second kappa shape index (κ2) is 7.15. The van der Waals surface area contributed by atoms with E-state index >= 15 is 0 Å². The minimum atomic E-state index is -0.540. The summed E-state index contributed by atoms with van der Waals surface area (Å²) in [4.78, 5) is 28.8. The van der Waals surface area contributed by atoms with Gasteiger partial charge >= 0.3 is 0 Å². The smallest absolute Gasteiger partial charge is 0.254 e. The van der Waals surface area contributed by atoms with Crippen LogP contribution in [0.5, 0.6) is 5.75 Å². The lowest BCUT2D eigenvalue weighted by molar-refractivity contribution is -0.124. The maximum atomic E-state index is 12.8. The molecule has 0 aromatic heterocycles. The molecule has 0 radical (unpaired) electrons. The Balaban J connectivity index is 1.77. The number of amides is 2. The Morgan fingerprint density at radius 2 is 1.88 bits per heavy atom. The molecular weight excluding hydrogens is 340 g/mol. The lowest BCUT2D eigenvalue weighted by atomic mass is 10.1. The molecule has 1 aliphatic rings. The van der Waals surface area contributed by atoms with Crippen LogP contribution in [0.1, 0.15) is 17.3 Å². The van der Waals surface area contributed by atoms with Crippen molar-refractivity contribution in [3.8, 4) is 5.75 Å². The fourth-order valence-electron chi connectivity index (χ4n) is 2.95. The topological polar surface area (TPSA) is 49.9 Å². The molecule has 3 rings (SSSR count). The van der Waals surface area contributed by atoms with E-state index in [0.29, 0.717) is 29.4 Å². The zero-order valence-corrected chi connectivity index (χ0v) is 14.9. The Kier molecular flexibility index (Phi) is 4.95. The molecule has 1 aliphatic heterocycles. The molecule has 2 aromatic carbocycles. The number of nitrogens with zero attached hydrogens (tertiary/aromatic N) is 2. The molecular formula is C19H19ClN2O3. The van der Waals surface area contributed by atoms with Crippen LogP contribution in [0.15, 0.2) is 48.5 Å². The zero-order chi connectivity index (χ0) is 18.0. The van der Waals surface area contributed by atoms with Crippen molar-refractivity contribution >= 4 is 29.1 Å². The van der Waals surface area contributed by atoms with Gasteiger partial charge in [0.05, 0.1) is 7.11 Å². The van der Waals surface area contributed by atoms with E-state index in [2.05, 4.69) is 0 Å². The molecule has 0 bridgehead atoms. The molecule has 0 saturated carbocycles. The van der Waals surface area contributed by atoms with Crippen LogP contribution in [0.25, 0.3) is 0 Å². The van der Waals surface area contributed by atoms with Gasteiger partial charge in [0.25, 0.3) is 5.91 Å². The number of hydrogen-bond donors (Lipinski definition) is 0. The number of carbonyl (C=O) groups excluding carboxylic acids is 2. The molecule has 6 heteroatoms. The van der Waals surface area contributed by atoms with Crippen LogP contribution >= 0.6 is 11.6 Å². The van der Waals surface area contributed by atoms with Crippen molar-refractivity contribution in [3.05, 3.63) is 59.1 Å². The van der Waals surface area contributed by atoms with Crippen LogP contribution in [0.2, 0.25) is 5.02 Å². The van der Waals surface area contributed by atoms with Crippen molar-refractivity contribution in [2.24, 2.45) is 0 Å². The van der Waals surface area contributed by atoms with Gasteiger partial charge in [0.1, 0.15) is 11.8 Å². The number of rotatable bonds is 3. The van der Waals surface area contributed by atoms with Crippen molar-refractivity contribution in [1.82, 2.24) is 4.90 Å². The van der Waals surface area contributed by atoms with Gasteiger partial charge in [-0.25, -0.2) is 0 Å². The minimum absolute atomic E-state index is 0.115. The molecule has 0 spiro atoms. The SMILES string of the molecule is COc1ccc(C(=O)N2CCN(c3cccc(Cl)c3)C(=O)C2C)cc1. The summed E-state index contributed by atoms with van der Waals surface area (Å²) in [6.45, 7) is 2.65. The maximum Gasteiger partial charge on any atom is 0.254 e. The highest BCUT2D eigenvalue weighted by Crippen LogP contribution is 2.24. The van der Waals surface area contributed by atoms with E-state index < -0.39 is 6.04 Å². The Hall–Kier alpha value is -2.53. The fourth-order valence-corrected chi connectivity index (χ4v) is 3.13. The van der Waals surface area contributed by atoms with Gasteiger partial charge in [-0.1, -0.05) is 17.7 Å². The molecule has 1 unspecified atom stereocenters. The van der Waals surface area contributed by atoms with Gasteiger partial charge in [-0.2, -0.15) is 0 Å². The van der Waals surface area contributed by atoms with Crippen molar-refractivity contribution in [3.63, 3.8) is 0 Å². The summed E-state index contributed by atoms with van der Waals surface area (Å²) in [5, 5.41) is 0.578. The predicted molar refractivity (Wildman–Crippen MR) is 97.3 cm³/mol. The highest BCUT2D eigenvalue weighted by molar-refractivity contribution is 6.31. The predicted octanol–water partition coefficient (Wildman–Crippen LogP) is 3.23. The Labute approximate surface area is 151 Å². The molecule has 25 heavy (non-hydrogen) atoms. The minimum Gasteiger partial charge on any atom is -0.497 e. The van der Waals surface area contributed by atoms with Crippen LogP contribution in [-0.4, -0.2) is 43.0 Å². The quantitative estimate of drug-likeness (QED) is 0.846. The van der Waals surface area contributed by atoms with Crippen molar-refractivity contribution in [2.75, 3.05) is 25.1 Å². The van der Waals surface area contributed by atoms with Gasteiger partial charge in [-0.05, 0) is 49.4 Å². The first kappa shape index (κ1) is 17.3. The summed E-state index contributed by atoms with van der Waals surface area (Å²) in [7, 11) is 1.58. The van der Waals surface area contributed by atoms with Crippen LogP contribution in [-0.2, 0) is 4.79 Å². The average molecular weight is 359 g/mol. The maximum absolute atomic E-state index is 12.8. The Bertz CT molecular complexity index is 792. The number of hydrogen-bond acceptors (Lipinski definition) is 3. The molecule has 1 fully saturated rings. The molecule has 2 amide bonds. The molecule has 1 atom stereocenters.